The van der Waals surface area contributed by atoms with Crippen LogP contribution in [0, 0.1) is 5.92 Å². The van der Waals surface area contributed by atoms with E-state index in [1.54, 1.807) is 0 Å². The number of nitrogens with zero attached hydrogens (tertiary/aromatic N) is 1. The highest BCUT2D eigenvalue weighted by Crippen LogP contribution is 2.25. The molecule has 0 bridgehead atoms. The van der Waals surface area contributed by atoms with Gasteiger partial charge in [0.2, 0.25) is 0 Å². The topological polar surface area (TPSA) is 15.3 Å². The van der Waals surface area contributed by atoms with Gasteiger partial charge in [-0.05, 0) is 38.1 Å². The lowest BCUT2D eigenvalue weighted by molar-refractivity contribution is 0.136. The van der Waals surface area contributed by atoms with Gasteiger partial charge in [-0.2, -0.15) is 0 Å². The molecule has 1 N–H and O–H groups in total. The SMILES string of the molecule is CCCCN1CC(CC)CC(NC2CC2)C1. The van der Waals surface area contributed by atoms with E-state index in [0.29, 0.717) is 0 Å². The van der Waals surface area contributed by atoms with Crippen LogP contribution in [0.5, 0.6) is 0 Å². The molecule has 16 heavy (non-hydrogen) atoms. The quantitative estimate of drug-likeness (QED) is 0.746. The molecule has 1 aliphatic heterocycles. The number of hydrogen-bond donors (Lipinski definition) is 1. The van der Waals surface area contributed by atoms with Gasteiger partial charge in [0.25, 0.3) is 0 Å². The monoisotopic (exact) mass is 224 g/mol. The van der Waals surface area contributed by atoms with E-state index < -0.39 is 0 Å². The predicted octanol–water partition coefficient (Wildman–Crippen LogP) is 2.64. The van der Waals surface area contributed by atoms with E-state index in [1.807, 2.05) is 0 Å². The first kappa shape index (κ1) is 12.4. The Morgan fingerprint density at radius 3 is 2.56 bits per heavy atom. The van der Waals surface area contributed by atoms with Gasteiger partial charge < -0.3 is 10.2 Å². The van der Waals surface area contributed by atoms with Crippen molar-refractivity contribution in [1.29, 1.82) is 0 Å². The molecule has 2 fully saturated rings. The van der Waals surface area contributed by atoms with Crippen LogP contribution >= 0.6 is 0 Å². The number of rotatable bonds is 6. The van der Waals surface area contributed by atoms with E-state index in [1.165, 1.54) is 58.2 Å². The lowest BCUT2D eigenvalue weighted by atomic mass is 9.92. The Labute approximate surface area is 101 Å². The average molecular weight is 224 g/mol. The second-order valence-corrected chi connectivity index (χ2v) is 5.76. The van der Waals surface area contributed by atoms with Crippen molar-refractivity contribution in [1.82, 2.24) is 10.2 Å². The maximum Gasteiger partial charge on any atom is 0.0200 e. The standard InChI is InChI=1S/C14H28N2/c1-3-5-8-16-10-12(4-2)9-14(11-16)15-13-6-7-13/h12-15H,3-11H2,1-2H3. The first-order valence-electron chi connectivity index (χ1n) is 7.30. The molecule has 0 aromatic rings. The van der Waals surface area contributed by atoms with Crippen LogP contribution in [-0.2, 0) is 0 Å². The molecule has 2 heteroatoms. The zero-order chi connectivity index (χ0) is 11.4. The van der Waals surface area contributed by atoms with Gasteiger partial charge in [-0.15, -0.1) is 0 Å². The van der Waals surface area contributed by atoms with Crippen LogP contribution < -0.4 is 5.32 Å². The summed E-state index contributed by atoms with van der Waals surface area (Å²) in [5, 5.41) is 3.82. The Morgan fingerprint density at radius 2 is 1.94 bits per heavy atom. The van der Waals surface area contributed by atoms with Gasteiger partial charge in [0.05, 0.1) is 0 Å². The Morgan fingerprint density at radius 1 is 1.12 bits per heavy atom. The third kappa shape index (κ3) is 3.74. The molecule has 2 nitrogen and oxygen atoms in total. The molecule has 0 amide bonds. The highest BCUT2D eigenvalue weighted by Gasteiger charge is 2.30. The molecule has 2 rings (SSSR count). The van der Waals surface area contributed by atoms with E-state index >= 15 is 0 Å². The molecule has 1 heterocycles. The summed E-state index contributed by atoms with van der Waals surface area (Å²) in [5.74, 6) is 0.932. The summed E-state index contributed by atoms with van der Waals surface area (Å²) in [4.78, 5) is 2.70. The van der Waals surface area contributed by atoms with Crippen LogP contribution in [0.3, 0.4) is 0 Å². The van der Waals surface area contributed by atoms with Gasteiger partial charge in [-0.1, -0.05) is 26.7 Å². The van der Waals surface area contributed by atoms with Crippen molar-refractivity contribution < 1.29 is 0 Å². The fraction of sp³-hybridized carbons (Fsp3) is 1.00. The van der Waals surface area contributed by atoms with Gasteiger partial charge in [0.15, 0.2) is 0 Å². The number of likely N-dealkylation sites (tertiary alicyclic amines) is 1. The van der Waals surface area contributed by atoms with Gasteiger partial charge in [-0.25, -0.2) is 0 Å². The highest BCUT2D eigenvalue weighted by atomic mass is 15.2. The second-order valence-electron chi connectivity index (χ2n) is 5.76. The number of unbranched alkanes of at least 4 members (excludes halogenated alkanes) is 1. The minimum atomic E-state index is 0.781. The summed E-state index contributed by atoms with van der Waals surface area (Å²) in [6.07, 6.45) is 8.30. The first-order chi connectivity index (χ1) is 7.81. The lowest BCUT2D eigenvalue weighted by Gasteiger charge is -2.38. The van der Waals surface area contributed by atoms with Gasteiger partial charge in [0, 0.05) is 25.2 Å². The normalized spacial score (nSPS) is 31.9. The Kier molecular flexibility index (Phi) is 4.66. The molecule has 94 valence electrons. The molecule has 2 atom stereocenters. The smallest absolute Gasteiger partial charge is 0.0200 e. The largest absolute Gasteiger partial charge is 0.310 e. The maximum absolute atomic E-state index is 3.82. The molecule has 2 unspecified atom stereocenters. The third-order valence-electron chi connectivity index (χ3n) is 4.07. The Hall–Kier alpha value is -0.0800. The zero-order valence-electron chi connectivity index (χ0n) is 11.0. The molecule has 0 aromatic heterocycles. The molecule has 0 spiro atoms. The predicted molar refractivity (Wildman–Crippen MR) is 69.7 cm³/mol. The number of nitrogens with one attached hydrogen (secondary N) is 1. The van der Waals surface area contributed by atoms with Crippen molar-refractivity contribution >= 4 is 0 Å². The Balaban J connectivity index is 1.78. The molecule has 0 aromatic carbocycles. The molecular formula is C14H28N2. The van der Waals surface area contributed by atoms with E-state index in [9.17, 15) is 0 Å². The van der Waals surface area contributed by atoms with Gasteiger partial charge in [0.1, 0.15) is 0 Å². The van der Waals surface area contributed by atoms with E-state index in [2.05, 4.69) is 24.1 Å². The molecule has 1 saturated carbocycles. The average Bonchev–Trinajstić information content (AvgIpc) is 3.10. The minimum absolute atomic E-state index is 0.781. The van der Waals surface area contributed by atoms with Crippen LogP contribution in [0.25, 0.3) is 0 Å². The van der Waals surface area contributed by atoms with E-state index in [4.69, 9.17) is 0 Å². The van der Waals surface area contributed by atoms with Crippen LogP contribution in [0.15, 0.2) is 0 Å². The van der Waals surface area contributed by atoms with Crippen LogP contribution in [0.4, 0.5) is 0 Å². The summed E-state index contributed by atoms with van der Waals surface area (Å²) in [6.45, 7) is 8.60. The molecule has 2 aliphatic rings. The zero-order valence-corrected chi connectivity index (χ0v) is 11.0. The van der Waals surface area contributed by atoms with Crippen molar-refractivity contribution in [3.63, 3.8) is 0 Å². The van der Waals surface area contributed by atoms with Crippen LogP contribution in [-0.4, -0.2) is 36.6 Å². The van der Waals surface area contributed by atoms with Crippen molar-refractivity contribution in [2.45, 2.75) is 64.5 Å². The second kappa shape index (κ2) is 6.02. The number of hydrogen-bond acceptors (Lipinski definition) is 2. The molecule has 1 aliphatic carbocycles. The van der Waals surface area contributed by atoms with E-state index in [-0.39, 0.29) is 0 Å². The fourth-order valence-electron chi connectivity index (χ4n) is 2.87. The Bertz CT molecular complexity index is 201. The molecular weight excluding hydrogens is 196 g/mol. The minimum Gasteiger partial charge on any atom is -0.310 e. The van der Waals surface area contributed by atoms with E-state index in [0.717, 1.165) is 18.0 Å². The van der Waals surface area contributed by atoms with Crippen molar-refractivity contribution in [3.8, 4) is 0 Å². The van der Waals surface area contributed by atoms with Crippen molar-refractivity contribution in [3.05, 3.63) is 0 Å². The molecule has 1 saturated heterocycles. The van der Waals surface area contributed by atoms with Crippen LogP contribution in [0.2, 0.25) is 0 Å². The first-order valence-corrected chi connectivity index (χ1v) is 7.30. The van der Waals surface area contributed by atoms with Gasteiger partial charge >= 0.3 is 0 Å². The van der Waals surface area contributed by atoms with Gasteiger partial charge in [-0.3, -0.25) is 0 Å². The van der Waals surface area contributed by atoms with Crippen molar-refractivity contribution in [2.24, 2.45) is 5.92 Å². The third-order valence-corrected chi connectivity index (χ3v) is 4.07. The molecule has 0 radical (unpaired) electrons. The summed E-state index contributed by atoms with van der Waals surface area (Å²) >= 11 is 0. The summed E-state index contributed by atoms with van der Waals surface area (Å²) < 4.78 is 0. The van der Waals surface area contributed by atoms with Crippen LogP contribution in [0.1, 0.15) is 52.4 Å². The van der Waals surface area contributed by atoms with Crippen molar-refractivity contribution in [2.75, 3.05) is 19.6 Å². The summed E-state index contributed by atoms with van der Waals surface area (Å²) in [6, 6.07) is 1.65. The highest BCUT2D eigenvalue weighted by molar-refractivity contribution is 4.90. The summed E-state index contributed by atoms with van der Waals surface area (Å²) in [7, 11) is 0. The lowest BCUT2D eigenvalue weighted by Crippen LogP contribution is -2.49. The number of piperidine rings is 1. The fourth-order valence-corrected chi connectivity index (χ4v) is 2.87. The summed E-state index contributed by atoms with van der Waals surface area (Å²) in [5.41, 5.74) is 0. The maximum atomic E-state index is 3.82.